The van der Waals surface area contributed by atoms with E-state index in [9.17, 15) is 4.39 Å². The fraction of sp³-hybridized carbons (Fsp3) is 0.467. The zero-order chi connectivity index (χ0) is 13.4. The van der Waals surface area contributed by atoms with Crippen molar-refractivity contribution in [1.29, 1.82) is 0 Å². The topological polar surface area (TPSA) is 25.2 Å². The van der Waals surface area contributed by atoms with Gasteiger partial charge >= 0.3 is 0 Å². The Hall–Kier alpha value is -0.870. The first-order valence-corrected chi connectivity index (χ1v) is 7.61. The highest BCUT2D eigenvalue weighted by molar-refractivity contribution is 9.10. The molecular weight excluding hydrogens is 309 g/mol. The van der Waals surface area contributed by atoms with E-state index in [0.29, 0.717) is 23.6 Å². The number of rotatable bonds is 5. The largest absolute Gasteiger partial charge is 0.458 e. The molecule has 0 bridgehead atoms. The molecule has 1 saturated carbocycles. The molecule has 3 rings (SSSR count). The molecule has 0 spiro atoms. The summed E-state index contributed by atoms with van der Waals surface area (Å²) in [6.07, 6.45) is 4.31. The second-order valence-corrected chi connectivity index (χ2v) is 6.00. The molecule has 1 aliphatic rings. The summed E-state index contributed by atoms with van der Waals surface area (Å²) in [6, 6.07) is 3.82. The molecule has 19 heavy (non-hydrogen) atoms. The lowest BCUT2D eigenvalue weighted by Gasteiger charge is -2.03. The predicted octanol–water partition coefficient (Wildman–Crippen LogP) is 4.54. The molecular formula is C15H17BrFNO. The number of aryl methyl sites for hydroxylation is 1. The van der Waals surface area contributed by atoms with Crippen molar-refractivity contribution in [3.05, 3.63) is 33.7 Å². The van der Waals surface area contributed by atoms with E-state index in [1.165, 1.54) is 18.9 Å². The lowest BCUT2D eigenvalue weighted by molar-refractivity contribution is 0.504. The van der Waals surface area contributed by atoms with Gasteiger partial charge in [0.1, 0.15) is 11.6 Å². The van der Waals surface area contributed by atoms with Crippen LogP contribution in [0, 0.1) is 5.82 Å². The lowest BCUT2D eigenvalue weighted by Crippen LogP contribution is -2.15. The zero-order valence-corrected chi connectivity index (χ0v) is 12.5. The maximum Gasteiger partial charge on any atom is 0.151 e. The van der Waals surface area contributed by atoms with Gasteiger partial charge in [-0.05, 0) is 47.3 Å². The quantitative estimate of drug-likeness (QED) is 0.873. The van der Waals surface area contributed by atoms with Gasteiger partial charge in [-0.15, -0.1) is 0 Å². The van der Waals surface area contributed by atoms with Gasteiger partial charge in [0.2, 0.25) is 0 Å². The summed E-state index contributed by atoms with van der Waals surface area (Å²) in [5, 5.41) is 4.08. The Bertz CT molecular complexity index is 604. The van der Waals surface area contributed by atoms with E-state index in [4.69, 9.17) is 4.42 Å². The van der Waals surface area contributed by atoms with Gasteiger partial charge in [0.15, 0.2) is 5.58 Å². The molecule has 102 valence electrons. The molecule has 0 unspecified atom stereocenters. The molecule has 2 aromatic rings. The molecule has 1 aliphatic carbocycles. The number of hydrogen-bond acceptors (Lipinski definition) is 2. The number of fused-ring (bicyclic) bond motifs is 1. The lowest BCUT2D eigenvalue weighted by atomic mass is 10.1. The third-order valence-corrected chi connectivity index (χ3v) is 4.18. The molecule has 1 aromatic carbocycles. The Morgan fingerprint density at radius 2 is 2.21 bits per heavy atom. The summed E-state index contributed by atoms with van der Waals surface area (Å²) in [6.45, 7) is 2.80. The van der Waals surface area contributed by atoms with Gasteiger partial charge in [-0.3, -0.25) is 0 Å². The minimum atomic E-state index is -0.192. The molecule has 1 aromatic heterocycles. The van der Waals surface area contributed by atoms with E-state index in [2.05, 4.69) is 28.2 Å². The molecule has 1 N–H and O–H groups in total. The first-order chi connectivity index (χ1) is 9.20. The first kappa shape index (κ1) is 13.1. The van der Waals surface area contributed by atoms with Gasteiger partial charge in [-0.25, -0.2) is 4.39 Å². The third-order valence-electron chi connectivity index (χ3n) is 3.55. The maximum absolute atomic E-state index is 14.1. The van der Waals surface area contributed by atoms with E-state index >= 15 is 0 Å². The number of furan rings is 1. The average molecular weight is 326 g/mol. The highest BCUT2D eigenvalue weighted by Gasteiger charge is 2.23. The van der Waals surface area contributed by atoms with Crippen molar-refractivity contribution in [3.8, 4) is 0 Å². The van der Waals surface area contributed by atoms with Gasteiger partial charge in [-0.2, -0.15) is 0 Å². The van der Waals surface area contributed by atoms with Crippen molar-refractivity contribution < 1.29 is 8.81 Å². The molecule has 1 heterocycles. The second kappa shape index (κ2) is 5.25. The summed E-state index contributed by atoms with van der Waals surface area (Å²) in [7, 11) is 0. The fourth-order valence-corrected chi connectivity index (χ4v) is 2.83. The van der Waals surface area contributed by atoms with Gasteiger partial charge in [0.05, 0.1) is 16.4 Å². The van der Waals surface area contributed by atoms with Crippen LogP contribution in [-0.2, 0) is 13.0 Å². The van der Waals surface area contributed by atoms with Crippen LogP contribution in [0.2, 0.25) is 0 Å². The van der Waals surface area contributed by atoms with Crippen molar-refractivity contribution in [2.45, 2.75) is 45.2 Å². The third kappa shape index (κ3) is 2.56. The standard InChI is InChI=1S/C15H17BrFNO/c1-2-3-10-13(8-18-9-4-5-9)19-15-11(16)6-7-12(17)14(10)15/h6-7,9,18H,2-5,8H2,1H3. The predicted molar refractivity (Wildman–Crippen MR) is 77.7 cm³/mol. The fourth-order valence-electron chi connectivity index (χ4n) is 2.42. The minimum absolute atomic E-state index is 0.192. The van der Waals surface area contributed by atoms with Crippen LogP contribution in [0.4, 0.5) is 4.39 Å². The number of nitrogens with one attached hydrogen (secondary N) is 1. The molecule has 0 aliphatic heterocycles. The van der Waals surface area contributed by atoms with Crippen LogP contribution in [0.1, 0.15) is 37.5 Å². The summed E-state index contributed by atoms with van der Waals surface area (Å²) >= 11 is 3.44. The summed E-state index contributed by atoms with van der Waals surface area (Å²) in [5.74, 6) is 0.692. The van der Waals surface area contributed by atoms with Crippen LogP contribution in [0.15, 0.2) is 21.0 Å². The van der Waals surface area contributed by atoms with E-state index in [1.807, 2.05) is 0 Å². The van der Waals surface area contributed by atoms with Crippen molar-refractivity contribution in [2.75, 3.05) is 0 Å². The van der Waals surface area contributed by atoms with Crippen LogP contribution < -0.4 is 5.32 Å². The number of hydrogen-bond donors (Lipinski definition) is 1. The smallest absolute Gasteiger partial charge is 0.151 e. The number of benzene rings is 1. The SMILES string of the molecule is CCCc1c(CNC2CC2)oc2c(Br)ccc(F)c12. The average Bonchev–Trinajstić information content (AvgIpc) is 3.15. The van der Waals surface area contributed by atoms with Crippen LogP contribution >= 0.6 is 15.9 Å². The Kier molecular flexibility index (Phi) is 3.63. The van der Waals surface area contributed by atoms with E-state index < -0.39 is 0 Å². The first-order valence-electron chi connectivity index (χ1n) is 6.82. The van der Waals surface area contributed by atoms with Gasteiger partial charge in [-0.1, -0.05) is 13.3 Å². The van der Waals surface area contributed by atoms with Gasteiger partial charge in [0, 0.05) is 11.6 Å². The Morgan fingerprint density at radius 3 is 2.89 bits per heavy atom. The highest BCUT2D eigenvalue weighted by atomic mass is 79.9. The molecule has 0 saturated heterocycles. The van der Waals surface area contributed by atoms with Crippen LogP contribution in [0.3, 0.4) is 0 Å². The van der Waals surface area contributed by atoms with E-state index in [1.54, 1.807) is 6.07 Å². The van der Waals surface area contributed by atoms with E-state index in [-0.39, 0.29) is 5.82 Å². The van der Waals surface area contributed by atoms with E-state index in [0.717, 1.165) is 28.6 Å². The number of halogens is 2. The summed E-state index contributed by atoms with van der Waals surface area (Å²) < 4.78 is 20.8. The molecule has 0 radical (unpaired) electrons. The van der Waals surface area contributed by atoms with Crippen LogP contribution in [-0.4, -0.2) is 6.04 Å². The van der Waals surface area contributed by atoms with Crippen molar-refractivity contribution in [1.82, 2.24) is 5.32 Å². The van der Waals surface area contributed by atoms with Crippen molar-refractivity contribution in [3.63, 3.8) is 0 Å². The minimum Gasteiger partial charge on any atom is -0.458 e. The molecule has 1 fully saturated rings. The molecule has 0 atom stereocenters. The van der Waals surface area contributed by atoms with Gasteiger partial charge < -0.3 is 9.73 Å². The van der Waals surface area contributed by atoms with Gasteiger partial charge in [0.25, 0.3) is 0 Å². The maximum atomic E-state index is 14.1. The van der Waals surface area contributed by atoms with Crippen LogP contribution in [0.5, 0.6) is 0 Å². The highest BCUT2D eigenvalue weighted by Crippen LogP contribution is 2.34. The summed E-state index contributed by atoms with van der Waals surface area (Å²) in [4.78, 5) is 0. The monoisotopic (exact) mass is 325 g/mol. The Morgan fingerprint density at radius 1 is 1.42 bits per heavy atom. The summed E-state index contributed by atoms with van der Waals surface area (Å²) in [5.41, 5.74) is 1.65. The van der Waals surface area contributed by atoms with Crippen molar-refractivity contribution >= 4 is 26.9 Å². The van der Waals surface area contributed by atoms with Crippen molar-refractivity contribution in [2.24, 2.45) is 0 Å². The molecule has 4 heteroatoms. The molecule has 0 amide bonds. The molecule has 2 nitrogen and oxygen atoms in total. The zero-order valence-electron chi connectivity index (χ0n) is 10.9. The Balaban J connectivity index is 2.05. The van der Waals surface area contributed by atoms with Crippen LogP contribution in [0.25, 0.3) is 11.0 Å². The normalized spacial score (nSPS) is 15.3. The second-order valence-electron chi connectivity index (χ2n) is 5.14. The Labute approximate surface area is 120 Å².